The summed E-state index contributed by atoms with van der Waals surface area (Å²) < 4.78 is 2.25. The normalized spacial score (nSPS) is 10.8. The van der Waals surface area contributed by atoms with Crippen LogP contribution in [0.3, 0.4) is 0 Å². The van der Waals surface area contributed by atoms with Gasteiger partial charge >= 0.3 is 0 Å². The lowest BCUT2D eigenvalue weighted by molar-refractivity contribution is 0.778. The predicted octanol–water partition coefficient (Wildman–Crippen LogP) is 4.37. The number of pyridine rings is 1. The number of aromatic nitrogens is 3. The Morgan fingerprint density at radius 1 is 1.00 bits per heavy atom. The molecule has 2 heterocycles. The van der Waals surface area contributed by atoms with Crippen molar-refractivity contribution in [3.8, 4) is 22.5 Å². The standard InChI is InChI=1S/C18H19N3S/c1-2-22-13-12-21-14-20-17(15-6-4-3-5-7-15)18(21)16-8-10-19-11-9-16/h3-11,14H,2,12-13H2,1H3. The zero-order valence-corrected chi connectivity index (χ0v) is 13.5. The Kier molecular flexibility index (Phi) is 4.91. The van der Waals surface area contributed by atoms with Gasteiger partial charge in [-0.2, -0.15) is 11.8 Å². The first-order valence-electron chi connectivity index (χ1n) is 7.49. The Balaban J connectivity index is 2.04. The SMILES string of the molecule is CCSCCn1cnc(-c2ccccc2)c1-c1ccncc1. The Bertz CT molecular complexity index is 708. The van der Waals surface area contributed by atoms with Gasteiger partial charge in [0, 0.05) is 35.8 Å². The second kappa shape index (κ2) is 7.27. The van der Waals surface area contributed by atoms with Crippen LogP contribution in [0.15, 0.2) is 61.2 Å². The number of hydrogen-bond donors (Lipinski definition) is 0. The van der Waals surface area contributed by atoms with Crippen LogP contribution in [0.2, 0.25) is 0 Å². The Morgan fingerprint density at radius 2 is 1.77 bits per heavy atom. The smallest absolute Gasteiger partial charge is 0.0963 e. The highest BCUT2D eigenvalue weighted by Crippen LogP contribution is 2.30. The number of hydrogen-bond acceptors (Lipinski definition) is 3. The predicted molar refractivity (Wildman–Crippen MR) is 93.9 cm³/mol. The molecule has 0 aliphatic carbocycles. The fourth-order valence-electron chi connectivity index (χ4n) is 2.48. The van der Waals surface area contributed by atoms with Crippen molar-refractivity contribution in [1.82, 2.24) is 14.5 Å². The van der Waals surface area contributed by atoms with E-state index in [9.17, 15) is 0 Å². The maximum absolute atomic E-state index is 4.67. The van der Waals surface area contributed by atoms with E-state index in [2.05, 4.69) is 45.7 Å². The van der Waals surface area contributed by atoms with Crippen LogP contribution in [-0.4, -0.2) is 26.0 Å². The van der Waals surface area contributed by atoms with Gasteiger partial charge in [-0.25, -0.2) is 4.98 Å². The molecule has 0 fully saturated rings. The third-order valence-corrected chi connectivity index (χ3v) is 4.40. The summed E-state index contributed by atoms with van der Waals surface area (Å²) in [5.74, 6) is 2.24. The second-order valence-electron chi connectivity index (χ2n) is 4.93. The van der Waals surface area contributed by atoms with Gasteiger partial charge in [0.15, 0.2) is 0 Å². The van der Waals surface area contributed by atoms with Crippen LogP contribution in [-0.2, 0) is 6.54 Å². The largest absolute Gasteiger partial charge is 0.329 e. The zero-order chi connectivity index (χ0) is 15.2. The molecule has 2 aromatic heterocycles. The molecule has 3 nitrogen and oxygen atoms in total. The topological polar surface area (TPSA) is 30.7 Å². The van der Waals surface area contributed by atoms with Crippen LogP contribution < -0.4 is 0 Å². The molecule has 112 valence electrons. The van der Waals surface area contributed by atoms with Crippen molar-refractivity contribution < 1.29 is 0 Å². The molecule has 0 amide bonds. The summed E-state index contributed by atoms with van der Waals surface area (Å²) >= 11 is 1.95. The first kappa shape index (κ1) is 14.9. The third-order valence-electron chi connectivity index (χ3n) is 3.52. The molecule has 22 heavy (non-hydrogen) atoms. The van der Waals surface area contributed by atoms with Crippen LogP contribution in [0.5, 0.6) is 0 Å². The van der Waals surface area contributed by atoms with Gasteiger partial charge in [0.05, 0.1) is 17.7 Å². The summed E-state index contributed by atoms with van der Waals surface area (Å²) in [7, 11) is 0. The molecule has 0 unspecified atom stereocenters. The molecule has 1 aromatic carbocycles. The number of aryl methyl sites for hydroxylation is 1. The van der Waals surface area contributed by atoms with E-state index < -0.39 is 0 Å². The summed E-state index contributed by atoms with van der Waals surface area (Å²) in [4.78, 5) is 8.80. The van der Waals surface area contributed by atoms with E-state index in [-0.39, 0.29) is 0 Å². The number of thioether (sulfide) groups is 1. The summed E-state index contributed by atoms with van der Waals surface area (Å²) in [5.41, 5.74) is 4.52. The van der Waals surface area contributed by atoms with Crippen molar-refractivity contribution in [1.29, 1.82) is 0 Å². The number of nitrogens with zero attached hydrogens (tertiary/aromatic N) is 3. The van der Waals surface area contributed by atoms with Gasteiger partial charge in [0.2, 0.25) is 0 Å². The fraction of sp³-hybridized carbons (Fsp3) is 0.222. The van der Waals surface area contributed by atoms with Crippen molar-refractivity contribution >= 4 is 11.8 Å². The van der Waals surface area contributed by atoms with E-state index in [1.165, 1.54) is 5.69 Å². The summed E-state index contributed by atoms with van der Waals surface area (Å²) in [6.45, 7) is 3.16. The van der Waals surface area contributed by atoms with Crippen LogP contribution >= 0.6 is 11.8 Å². The van der Waals surface area contributed by atoms with Crippen LogP contribution in [0.1, 0.15) is 6.92 Å². The molecule has 0 N–H and O–H groups in total. The molecule has 0 radical (unpaired) electrons. The number of rotatable bonds is 6. The molecule has 0 spiro atoms. The lowest BCUT2D eigenvalue weighted by atomic mass is 10.1. The summed E-state index contributed by atoms with van der Waals surface area (Å²) in [5, 5.41) is 0. The molecule has 0 atom stereocenters. The third kappa shape index (κ3) is 3.22. The molecule has 3 rings (SSSR count). The van der Waals surface area contributed by atoms with Gasteiger partial charge in [-0.05, 0) is 17.9 Å². The quantitative estimate of drug-likeness (QED) is 0.634. The lowest BCUT2D eigenvalue weighted by Crippen LogP contribution is -2.02. The first-order valence-corrected chi connectivity index (χ1v) is 8.64. The fourth-order valence-corrected chi connectivity index (χ4v) is 3.09. The molecule has 0 aliphatic rings. The maximum Gasteiger partial charge on any atom is 0.0963 e. The molecule has 0 saturated carbocycles. The van der Waals surface area contributed by atoms with Gasteiger partial charge in [-0.1, -0.05) is 37.3 Å². The lowest BCUT2D eigenvalue weighted by Gasteiger charge is -2.10. The van der Waals surface area contributed by atoms with E-state index in [0.717, 1.165) is 34.9 Å². The zero-order valence-electron chi connectivity index (χ0n) is 12.6. The Hall–Kier alpha value is -2.07. The summed E-state index contributed by atoms with van der Waals surface area (Å²) in [6.07, 6.45) is 5.62. The minimum atomic E-state index is 0.968. The minimum Gasteiger partial charge on any atom is -0.329 e. The number of benzene rings is 1. The molecule has 0 aliphatic heterocycles. The van der Waals surface area contributed by atoms with E-state index in [1.54, 1.807) is 0 Å². The molecule has 0 saturated heterocycles. The number of imidazole rings is 1. The van der Waals surface area contributed by atoms with E-state index in [1.807, 2.05) is 48.7 Å². The monoisotopic (exact) mass is 309 g/mol. The van der Waals surface area contributed by atoms with Crippen LogP contribution in [0.4, 0.5) is 0 Å². The van der Waals surface area contributed by atoms with Gasteiger partial charge in [-0.15, -0.1) is 0 Å². The van der Waals surface area contributed by atoms with Crippen molar-refractivity contribution in [3.05, 3.63) is 61.2 Å². The average molecular weight is 309 g/mol. The Labute approximate surface area is 135 Å². The van der Waals surface area contributed by atoms with Gasteiger partial charge in [0.25, 0.3) is 0 Å². The van der Waals surface area contributed by atoms with Gasteiger partial charge in [0.1, 0.15) is 0 Å². The summed E-state index contributed by atoms with van der Waals surface area (Å²) in [6, 6.07) is 14.5. The molecular weight excluding hydrogens is 290 g/mol. The van der Waals surface area contributed by atoms with E-state index >= 15 is 0 Å². The molecule has 0 bridgehead atoms. The van der Waals surface area contributed by atoms with E-state index in [0.29, 0.717) is 0 Å². The maximum atomic E-state index is 4.67. The van der Waals surface area contributed by atoms with Crippen LogP contribution in [0.25, 0.3) is 22.5 Å². The highest BCUT2D eigenvalue weighted by molar-refractivity contribution is 7.99. The van der Waals surface area contributed by atoms with E-state index in [4.69, 9.17) is 0 Å². The second-order valence-corrected chi connectivity index (χ2v) is 6.33. The highest BCUT2D eigenvalue weighted by atomic mass is 32.2. The molecule has 4 heteroatoms. The van der Waals surface area contributed by atoms with Gasteiger partial charge in [-0.3, -0.25) is 4.98 Å². The molecular formula is C18H19N3S. The van der Waals surface area contributed by atoms with Crippen molar-refractivity contribution in [2.75, 3.05) is 11.5 Å². The highest BCUT2D eigenvalue weighted by Gasteiger charge is 2.14. The van der Waals surface area contributed by atoms with Gasteiger partial charge < -0.3 is 4.57 Å². The van der Waals surface area contributed by atoms with Crippen molar-refractivity contribution in [2.45, 2.75) is 13.5 Å². The van der Waals surface area contributed by atoms with Crippen LogP contribution in [0, 0.1) is 0 Å². The Morgan fingerprint density at radius 3 is 2.50 bits per heavy atom. The first-order chi connectivity index (χ1) is 10.9. The van der Waals surface area contributed by atoms with Crippen molar-refractivity contribution in [3.63, 3.8) is 0 Å². The van der Waals surface area contributed by atoms with Crippen molar-refractivity contribution in [2.24, 2.45) is 0 Å². The minimum absolute atomic E-state index is 0.968. The average Bonchev–Trinajstić information content (AvgIpc) is 3.01. The molecule has 3 aromatic rings.